The van der Waals surface area contributed by atoms with Crippen molar-refractivity contribution in [2.45, 2.75) is 6.42 Å². The second-order valence-electron chi connectivity index (χ2n) is 5.81. The molecule has 0 aliphatic carbocycles. The number of amides is 2. The van der Waals surface area contributed by atoms with E-state index < -0.39 is 0 Å². The predicted octanol–water partition coefficient (Wildman–Crippen LogP) is 1.21. The van der Waals surface area contributed by atoms with Crippen molar-refractivity contribution in [2.24, 2.45) is 0 Å². The van der Waals surface area contributed by atoms with Gasteiger partial charge in [0.15, 0.2) is 11.5 Å². The third kappa shape index (κ3) is 4.44. The van der Waals surface area contributed by atoms with Crippen molar-refractivity contribution in [3.05, 3.63) is 17.7 Å². The van der Waals surface area contributed by atoms with Gasteiger partial charge >= 0.3 is 6.03 Å². The van der Waals surface area contributed by atoms with E-state index in [9.17, 15) is 4.79 Å². The summed E-state index contributed by atoms with van der Waals surface area (Å²) in [6.07, 6.45) is 0.691. The van der Waals surface area contributed by atoms with Crippen LogP contribution in [0.5, 0.6) is 17.2 Å². The zero-order chi connectivity index (χ0) is 17.5. The average Bonchev–Trinajstić information content (AvgIpc) is 2.61. The van der Waals surface area contributed by atoms with Crippen molar-refractivity contribution in [1.29, 1.82) is 0 Å². The minimum absolute atomic E-state index is 0.00413. The number of carbonyl (C=O) groups excluding carboxylic acids is 1. The molecule has 134 valence electrons. The predicted molar refractivity (Wildman–Crippen MR) is 92.3 cm³/mol. The lowest BCUT2D eigenvalue weighted by molar-refractivity contribution is 0.154. The molecule has 0 radical (unpaired) electrons. The maximum atomic E-state index is 12.2. The molecule has 1 aromatic carbocycles. The Bertz CT molecular complexity index is 532. The number of carbonyl (C=O) groups is 1. The number of benzene rings is 1. The molecule has 1 saturated heterocycles. The Labute approximate surface area is 143 Å². The first-order valence-corrected chi connectivity index (χ1v) is 8.09. The molecule has 1 aromatic rings. The minimum Gasteiger partial charge on any atom is -0.493 e. The van der Waals surface area contributed by atoms with Crippen LogP contribution in [-0.4, -0.2) is 76.9 Å². The SMILES string of the molecule is COc1cc(CCNC(=O)N2CCN(C)CC2)cc(OC)c1OC. The first kappa shape index (κ1) is 18.2. The summed E-state index contributed by atoms with van der Waals surface area (Å²) in [5, 5.41) is 2.97. The summed E-state index contributed by atoms with van der Waals surface area (Å²) in [7, 11) is 6.84. The lowest BCUT2D eigenvalue weighted by atomic mass is 10.1. The Morgan fingerprint density at radius 1 is 1.04 bits per heavy atom. The van der Waals surface area contributed by atoms with Gasteiger partial charge in [-0.1, -0.05) is 0 Å². The standard InChI is InChI=1S/C17H27N3O4/c1-19-7-9-20(10-8-19)17(21)18-6-5-13-11-14(22-2)16(24-4)15(12-13)23-3/h11-12H,5-10H2,1-4H3,(H,18,21). The van der Waals surface area contributed by atoms with Crippen molar-refractivity contribution < 1.29 is 19.0 Å². The van der Waals surface area contributed by atoms with E-state index in [0.29, 0.717) is 30.2 Å². The normalized spacial score (nSPS) is 15.1. The summed E-state index contributed by atoms with van der Waals surface area (Å²) in [4.78, 5) is 16.2. The van der Waals surface area contributed by atoms with Gasteiger partial charge in [-0.2, -0.15) is 0 Å². The molecule has 1 N–H and O–H groups in total. The number of piperazine rings is 1. The fourth-order valence-corrected chi connectivity index (χ4v) is 2.71. The number of hydrogen-bond acceptors (Lipinski definition) is 5. The van der Waals surface area contributed by atoms with Crippen LogP contribution >= 0.6 is 0 Å². The van der Waals surface area contributed by atoms with Crippen LogP contribution in [0.4, 0.5) is 4.79 Å². The van der Waals surface area contributed by atoms with Crippen molar-refractivity contribution in [3.8, 4) is 17.2 Å². The minimum atomic E-state index is -0.00413. The van der Waals surface area contributed by atoms with Gasteiger partial charge in [0, 0.05) is 32.7 Å². The molecule has 7 heteroatoms. The zero-order valence-corrected chi connectivity index (χ0v) is 14.9. The molecule has 0 unspecified atom stereocenters. The highest BCUT2D eigenvalue weighted by molar-refractivity contribution is 5.74. The van der Waals surface area contributed by atoms with Crippen LogP contribution in [-0.2, 0) is 6.42 Å². The Balaban J connectivity index is 1.91. The van der Waals surface area contributed by atoms with Gasteiger partial charge in [0.05, 0.1) is 21.3 Å². The van der Waals surface area contributed by atoms with Gasteiger partial charge in [0.25, 0.3) is 0 Å². The number of hydrogen-bond donors (Lipinski definition) is 1. The Hall–Kier alpha value is -2.15. The van der Waals surface area contributed by atoms with Crippen LogP contribution in [0.1, 0.15) is 5.56 Å². The highest BCUT2D eigenvalue weighted by Crippen LogP contribution is 2.38. The van der Waals surface area contributed by atoms with Crippen molar-refractivity contribution in [2.75, 3.05) is 61.1 Å². The summed E-state index contributed by atoms with van der Waals surface area (Å²) in [6.45, 7) is 3.93. The largest absolute Gasteiger partial charge is 0.493 e. The lowest BCUT2D eigenvalue weighted by Gasteiger charge is -2.32. The van der Waals surface area contributed by atoms with Gasteiger partial charge < -0.3 is 29.3 Å². The van der Waals surface area contributed by atoms with E-state index in [0.717, 1.165) is 31.7 Å². The first-order valence-electron chi connectivity index (χ1n) is 8.09. The van der Waals surface area contributed by atoms with E-state index >= 15 is 0 Å². The maximum Gasteiger partial charge on any atom is 0.317 e. The number of nitrogens with one attached hydrogen (secondary N) is 1. The van der Waals surface area contributed by atoms with Crippen LogP contribution in [0.25, 0.3) is 0 Å². The molecule has 0 bridgehead atoms. The number of likely N-dealkylation sites (N-methyl/N-ethyl adjacent to an activating group) is 1. The smallest absolute Gasteiger partial charge is 0.317 e. The van der Waals surface area contributed by atoms with E-state index in [1.165, 1.54) is 0 Å². The second kappa shape index (κ2) is 8.63. The van der Waals surface area contributed by atoms with Crippen LogP contribution in [0.15, 0.2) is 12.1 Å². The van der Waals surface area contributed by atoms with Crippen LogP contribution in [0.2, 0.25) is 0 Å². The lowest BCUT2D eigenvalue weighted by Crippen LogP contribution is -2.50. The van der Waals surface area contributed by atoms with Gasteiger partial charge in [-0.3, -0.25) is 0 Å². The molecule has 2 rings (SSSR count). The molecule has 1 aliphatic heterocycles. The molecular weight excluding hydrogens is 310 g/mol. The van der Waals surface area contributed by atoms with Crippen LogP contribution in [0, 0.1) is 0 Å². The number of nitrogens with zero attached hydrogens (tertiary/aromatic N) is 2. The van der Waals surface area contributed by atoms with Crippen molar-refractivity contribution in [1.82, 2.24) is 15.1 Å². The van der Waals surface area contributed by atoms with Gasteiger partial charge in [-0.25, -0.2) is 4.79 Å². The van der Waals surface area contributed by atoms with E-state index in [1.54, 1.807) is 21.3 Å². The molecule has 1 fully saturated rings. The fourth-order valence-electron chi connectivity index (χ4n) is 2.71. The molecule has 0 atom stereocenters. The molecule has 1 heterocycles. The van der Waals surface area contributed by atoms with Crippen LogP contribution in [0.3, 0.4) is 0 Å². The number of rotatable bonds is 6. The monoisotopic (exact) mass is 337 g/mol. The Kier molecular flexibility index (Phi) is 6.54. The first-order chi connectivity index (χ1) is 11.6. The molecule has 0 spiro atoms. The molecule has 2 amide bonds. The number of urea groups is 1. The van der Waals surface area contributed by atoms with E-state index in [-0.39, 0.29) is 6.03 Å². The highest BCUT2D eigenvalue weighted by atomic mass is 16.5. The topological polar surface area (TPSA) is 63.3 Å². The third-order valence-electron chi connectivity index (χ3n) is 4.20. The summed E-state index contributed by atoms with van der Waals surface area (Å²) in [6, 6.07) is 3.81. The molecular formula is C17H27N3O4. The van der Waals surface area contributed by atoms with Gasteiger partial charge in [0.1, 0.15) is 0 Å². The third-order valence-corrected chi connectivity index (χ3v) is 4.20. The molecule has 0 saturated carbocycles. The average molecular weight is 337 g/mol. The molecule has 1 aliphatic rings. The quantitative estimate of drug-likeness (QED) is 0.845. The summed E-state index contributed by atoms with van der Waals surface area (Å²) >= 11 is 0. The van der Waals surface area contributed by atoms with Crippen LogP contribution < -0.4 is 19.5 Å². The Morgan fingerprint density at radius 3 is 2.12 bits per heavy atom. The molecule has 24 heavy (non-hydrogen) atoms. The number of ether oxygens (including phenoxy) is 3. The number of methoxy groups -OCH3 is 3. The summed E-state index contributed by atoms with van der Waals surface area (Å²) in [5.41, 5.74) is 1.02. The molecule has 7 nitrogen and oxygen atoms in total. The van der Waals surface area contributed by atoms with E-state index in [2.05, 4.69) is 17.3 Å². The van der Waals surface area contributed by atoms with E-state index in [1.807, 2.05) is 17.0 Å². The van der Waals surface area contributed by atoms with Gasteiger partial charge in [0.2, 0.25) is 5.75 Å². The zero-order valence-electron chi connectivity index (χ0n) is 14.9. The van der Waals surface area contributed by atoms with Gasteiger partial charge in [-0.15, -0.1) is 0 Å². The Morgan fingerprint density at radius 2 is 1.62 bits per heavy atom. The highest BCUT2D eigenvalue weighted by Gasteiger charge is 2.18. The summed E-state index contributed by atoms with van der Waals surface area (Å²) < 4.78 is 16.0. The maximum absolute atomic E-state index is 12.2. The fraction of sp³-hybridized carbons (Fsp3) is 0.588. The summed E-state index contributed by atoms with van der Waals surface area (Å²) in [5.74, 6) is 1.82. The van der Waals surface area contributed by atoms with Gasteiger partial charge in [-0.05, 0) is 31.2 Å². The molecule has 0 aromatic heterocycles. The van der Waals surface area contributed by atoms with Crippen molar-refractivity contribution >= 4 is 6.03 Å². The van der Waals surface area contributed by atoms with Crippen molar-refractivity contribution in [3.63, 3.8) is 0 Å². The van der Waals surface area contributed by atoms with E-state index in [4.69, 9.17) is 14.2 Å². The second-order valence-corrected chi connectivity index (χ2v) is 5.81.